The van der Waals surface area contributed by atoms with Gasteiger partial charge in [-0.15, -0.1) is 0 Å². The summed E-state index contributed by atoms with van der Waals surface area (Å²) in [5.41, 5.74) is 0.181. The summed E-state index contributed by atoms with van der Waals surface area (Å²) in [5.74, 6) is -0.0843. The van der Waals surface area contributed by atoms with Gasteiger partial charge in [0.15, 0.2) is 0 Å². The van der Waals surface area contributed by atoms with Crippen LogP contribution >= 0.6 is 0 Å². The third kappa shape index (κ3) is 8.43. The van der Waals surface area contributed by atoms with E-state index in [-0.39, 0.29) is 17.3 Å². The SMILES string of the molecule is CC(CC(C)(C)C)C(=O)OCCN(C)C. The molecule has 1 atom stereocenters. The molecule has 0 bridgehead atoms. The lowest BCUT2D eigenvalue weighted by molar-refractivity contribution is -0.149. The van der Waals surface area contributed by atoms with Gasteiger partial charge in [0.2, 0.25) is 0 Å². The van der Waals surface area contributed by atoms with Crippen LogP contribution in [0.2, 0.25) is 0 Å². The molecule has 3 nitrogen and oxygen atoms in total. The van der Waals surface area contributed by atoms with Crippen LogP contribution in [0.25, 0.3) is 0 Å². The summed E-state index contributed by atoms with van der Waals surface area (Å²) in [6.45, 7) is 9.61. The number of esters is 1. The van der Waals surface area contributed by atoms with Gasteiger partial charge in [-0.25, -0.2) is 0 Å². The van der Waals surface area contributed by atoms with Gasteiger partial charge in [0.1, 0.15) is 6.61 Å². The zero-order chi connectivity index (χ0) is 12.1. The first-order chi connectivity index (χ1) is 6.72. The molecule has 90 valence electrons. The normalized spacial score (nSPS) is 14.1. The number of hydrogen-bond acceptors (Lipinski definition) is 3. The molecule has 0 amide bonds. The van der Waals surface area contributed by atoms with Gasteiger partial charge in [0, 0.05) is 6.54 Å². The Bertz CT molecular complexity index is 194. The Labute approximate surface area is 93.8 Å². The predicted molar refractivity (Wildman–Crippen MR) is 62.7 cm³/mol. The molecule has 0 heterocycles. The summed E-state index contributed by atoms with van der Waals surface area (Å²) in [6.07, 6.45) is 0.869. The molecular weight excluding hydrogens is 190 g/mol. The quantitative estimate of drug-likeness (QED) is 0.658. The van der Waals surface area contributed by atoms with Crippen LogP contribution in [-0.2, 0) is 9.53 Å². The van der Waals surface area contributed by atoms with Crippen LogP contribution in [0, 0.1) is 11.3 Å². The Kier molecular flexibility index (Phi) is 5.88. The first-order valence-corrected chi connectivity index (χ1v) is 5.54. The van der Waals surface area contributed by atoms with E-state index in [9.17, 15) is 4.79 Å². The molecule has 0 aromatic rings. The topological polar surface area (TPSA) is 29.5 Å². The second kappa shape index (κ2) is 6.11. The number of hydrogen-bond donors (Lipinski definition) is 0. The molecule has 0 radical (unpaired) electrons. The second-order valence-electron chi connectivity index (χ2n) is 5.64. The van der Waals surface area contributed by atoms with Crippen LogP contribution in [0.1, 0.15) is 34.1 Å². The molecule has 1 unspecified atom stereocenters. The van der Waals surface area contributed by atoms with Crippen LogP contribution < -0.4 is 0 Å². The highest BCUT2D eigenvalue weighted by molar-refractivity contribution is 5.72. The van der Waals surface area contributed by atoms with Crippen molar-refractivity contribution < 1.29 is 9.53 Å². The highest BCUT2D eigenvalue weighted by Gasteiger charge is 2.21. The Morgan fingerprint density at radius 1 is 1.33 bits per heavy atom. The van der Waals surface area contributed by atoms with Crippen molar-refractivity contribution in [3.05, 3.63) is 0 Å². The Balaban J connectivity index is 3.80. The van der Waals surface area contributed by atoms with E-state index < -0.39 is 0 Å². The molecular formula is C12H25NO2. The monoisotopic (exact) mass is 215 g/mol. The molecule has 0 fully saturated rings. The van der Waals surface area contributed by atoms with Crippen molar-refractivity contribution in [2.24, 2.45) is 11.3 Å². The van der Waals surface area contributed by atoms with Gasteiger partial charge in [-0.05, 0) is 25.9 Å². The van der Waals surface area contributed by atoms with E-state index in [1.54, 1.807) is 0 Å². The number of rotatable bonds is 5. The number of carbonyl (C=O) groups excluding carboxylic acids is 1. The first-order valence-electron chi connectivity index (χ1n) is 5.54. The van der Waals surface area contributed by atoms with E-state index in [0.717, 1.165) is 13.0 Å². The van der Waals surface area contributed by atoms with Crippen molar-refractivity contribution in [3.8, 4) is 0 Å². The minimum Gasteiger partial charge on any atom is -0.464 e. The fourth-order valence-electron chi connectivity index (χ4n) is 1.47. The van der Waals surface area contributed by atoms with Crippen LogP contribution in [-0.4, -0.2) is 38.1 Å². The molecule has 0 aromatic heterocycles. The van der Waals surface area contributed by atoms with Crippen LogP contribution in [0.3, 0.4) is 0 Å². The zero-order valence-corrected chi connectivity index (χ0v) is 11.0. The summed E-state index contributed by atoms with van der Waals surface area (Å²) in [4.78, 5) is 13.6. The van der Waals surface area contributed by atoms with Gasteiger partial charge in [0.05, 0.1) is 5.92 Å². The van der Waals surface area contributed by atoms with Gasteiger partial charge >= 0.3 is 5.97 Å². The zero-order valence-electron chi connectivity index (χ0n) is 11.0. The smallest absolute Gasteiger partial charge is 0.308 e. The number of ether oxygens (including phenoxy) is 1. The molecule has 0 aliphatic carbocycles. The number of nitrogens with zero attached hydrogens (tertiary/aromatic N) is 1. The van der Waals surface area contributed by atoms with Crippen molar-refractivity contribution >= 4 is 5.97 Å². The molecule has 0 aliphatic heterocycles. The van der Waals surface area contributed by atoms with Gasteiger partial charge in [-0.1, -0.05) is 27.7 Å². The maximum atomic E-state index is 11.6. The maximum Gasteiger partial charge on any atom is 0.308 e. The third-order valence-corrected chi connectivity index (χ3v) is 2.10. The van der Waals surface area contributed by atoms with Crippen molar-refractivity contribution in [1.29, 1.82) is 0 Å². The van der Waals surface area contributed by atoms with Crippen LogP contribution in [0.4, 0.5) is 0 Å². The highest BCUT2D eigenvalue weighted by atomic mass is 16.5. The van der Waals surface area contributed by atoms with Crippen molar-refractivity contribution in [2.75, 3.05) is 27.2 Å². The lowest BCUT2D eigenvalue weighted by Gasteiger charge is -2.22. The molecule has 15 heavy (non-hydrogen) atoms. The third-order valence-electron chi connectivity index (χ3n) is 2.10. The van der Waals surface area contributed by atoms with Crippen molar-refractivity contribution in [3.63, 3.8) is 0 Å². The number of likely N-dealkylation sites (N-methyl/N-ethyl adjacent to an activating group) is 1. The predicted octanol–water partition coefficient (Wildman–Crippen LogP) is 2.16. The molecule has 0 spiro atoms. The Morgan fingerprint density at radius 2 is 1.87 bits per heavy atom. The lowest BCUT2D eigenvalue weighted by Crippen LogP contribution is -2.25. The van der Waals surface area contributed by atoms with Gasteiger partial charge < -0.3 is 9.64 Å². The van der Waals surface area contributed by atoms with E-state index in [2.05, 4.69) is 20.8 Å². The van der Waals surface area contributed by atoms with Crippen molar-refractivity contribution in [2.45, 2.75) is 34.1 Å². The molecule has 0 aromatic carbocycles. The van der Waals surface area contributed by atoms with Crippen LogP contribution in [0.5, 0.6) is 0 Å². The lowest BCUT2D eigenvalue weighted by atomic mass is 9.85. The largest absolute Gasteiger partial charge is 0.464 e. The average molecular weight is 215 g/mol. The second-order valence-corrected chi connectivity index (χ2v) is 5.64. The summed E-state index contributed by atoms with van der Waals surface area (Å²) in [5, 5.41) is 0. The fourth-order valence-corrected chi connectivity index (χ4v) is 1.47. The van der Waals surface area contributed by atoms with E-state index in [0.29, 0.717) is 6.61 Å². The molecule has 3 heteroatoms. The van der Waals surface area contributed by atoms with Gasteiger partial charge in [-0.3, -0.25) is 4.79 Å². The minimum atomic E-state index is -0.0771. The van der Waals surface area contributed by atoms with E-state index in [4.69, 9.17) is 4.74 Å². The maximum absolute atomic E-state index is 11.6. The molecule has 0 saturated heterocycles. The average Bonchev–Trinajstić information content (AvgIpc) is 1.99. The summed E-state index contributed by atoms with van der Waals surface area (Å²) in [6, 6.07) is 0. The highest BCUT2D eigenvalue weighted by Crippen LogP contribution is 2.24. The Morgan fingerprint density at radius 3 is 2.27 bits per heavy atom. The summed E-state index contributed by atoms with van der Waals surface area (Å²) >= 11 is 0. The van der Waals surface area contributed by atoms with Crippen molar-refractivity contribution in [1.82, 2.24) is 4.90 Å². The molecule has 0 aliphatic rings. The molecule has 0 saturated carbocycles. The molecule has 0 N–H and O–H groups in total. The first kappa shape index (κ1) is 14.4. The van der Waals surface area contributed by atoms with E-state index in [1.807, 2.05) is 25.9 Å². The molecule has 0 rings (SSSR count). The van der Waals surface area contributed by atoms with Crippen LogP contribution in [0.15, 0.2) is 0 Å². The van der Waals surface area contributed by atoms with Gasteiger partial charge in [0.25, 0.3) is 0 Å². The minimum absolute atomic E-state index is 0.00726. The summed E-state index contributed by atoms with van der Waals surface area (Å²) in [7, 11) is 3.93. The fraction of sp³-hybridized carbons (Fsp3) is 0.917. The van der Waals surface area contributed by atoms with E-state index >= 15 is 0 Å². The number of carbonyl (C=O) groups is 1. The van der Waals surface area contributed by atoms with Gasteiger partial charge in [-0.2, -0.15) is 0 Å². The summed E-state index contributed by atoms with van der Waals surface area (Å²) < 4.78 is 5.18. The van der Waals surface area contributed by atoms with E-state index in [1.165, 1.54) is 0 Å². The standard InChI is InChI=1S/C12H25NO2/c1-10(9-12(2,3)4)11(14)15-8-7-13(5)6/h10H,7-9H2,1-6H3. The Hall–Kier alpha value is -0.570.